The first-order valence-electron chi connectivity index (χ1n) is 14.9. The molecule has 2 aromatic carbocycles. The highest BCUT2D eigenvalue weighted by Crippen LogP contribution is 2.46. The molecule has 1 saturated heterocycles. The predicted molar refractivity (Wildman–Crippen MR) is 166 cm³/mol. The van der Waals surface area contributed by atoms with Crippen LogP contribution in [-0.2, 0) is 14.8 Å². The molecule has 0 unspecified atom stereocenters. The summed E-state index contributed by atoms with van der Waals surface area (Å²) in [7, 11) is -3.29. The fourth-order valence-corrected chi connectivity index (χ4v) is 8.14. The summed E-state index contributed by atoms with van der Waals surface area (Å²) in [4.78, 5) is 34.4. The smallest absolute Gasteiger partial charge is 0.253 e. The quantitative estimate of drug-likeness (QED) is 0.399. The van der Waals surface area contributed by atoms with Gasteiger partial charge in [-0.1, -0.05) is 25.0 Å². The minimum Gasteiger partial charge on any atom is -0.338 e. The molecule has 0 bridgehead atoms. The van der Waals surface area contributed by atoms with E-state index in [1.165, 1.54) is 34.0 Å². The van der Waals surface area contributed by atoms with E-state index in [1.807, 2.05) is 12.1 Å². The van der Waals surface area contributed by atoms with E-state index < -0.39 is 15.6 Å². The predicted octanol–water partition coefficient (Wildman–Crippen LogP) is 4.78. The van der Waals surface area contributed by atoms with Gasteiger partial charge in [0.1, 0.15) is 16.4 Å². The monoisotopic (exact) mass is 635 g/mol. The number of aromatic nitrogens is 1. The molecule has 2 aliphatic carbocycles. The van der Waals surface area contributed by atoms with Gasteiger partial charge in [0.2, 0.25) is 15.9 Å². The van der Waals surface area contributed by atoms with Gasteiger partial charge in [-0.05, 0) is 67.6 Å². The molecule has 44 heavy (non-hydrogen) atoms. The van der Waals surface area contributed by atoms with E-state index >= 15 is 0 Å². The normalized spacial score (nSPS) is 21.8. The Labute approximate surface area is 260 Å². The molecule has 1 aliphatic heterocycles. The number of carbonyl (C=O) groups is 2. The molecular formula is C32H34FN5O4S2. The average molecular weight is 636 g/mol. The van der Waals surface area contributed by atoms with Gasteiger partial charge in [0.25, 0.3) is 5.91 Å². The molecule has 1 N–H and O–H groups in total. The second-order valence-corrected chi connectivity index (χ2v) is 14.9. The molecule has 3 aliphatic rings. The lowest BCUT2D eigenvalue weighted by Crippen LogP contribution is -2.50. The van der Waals surface area contributed by atoms with Crippen LogP contribution in [0, 0.1) is 23.1 Å². The van der Waals surface area contributed by atoms with Crippen LogP contribution in [0.5, 0.6) is 0 Å². The lowest BCUT2D eigenvalue weighted by molar-refractivity contribution is -0.127. The van der Waals surface area contributed by atoms with E-state index in [1.54, 1.807) is 29.2 Å². The van der Waals surface area contributed by atoms with Crippen LogP contribution in [0.15, 0.2) is 48.5 Å². The molecule has 2 heterocycles. The molecular weight excluding hydrogens is 602 g/mol. The third kappa shape index (κ3) is 6.27. The van der Waals surface area contributed by atoms with Crippen molar-refractivity contribution in [3.63, 3.8) is 0 Å². The van der Waals surface area contributed by atoms with E-state index in [4.69, 9.17) is 4.98 Å². The number of hydrogen-bond donors (Lipinski definition) is 1. The van der Waals surface area contributed by atoms with Crippen LogP contribution < -0.4 is 5.32 Å². The number of rotatable bonds is 7. The first-order chi connectivity index (χ1) is 21.1. The Kier molecular flexibility index (Phi) is 8.30. The Morgan fingerprint density at radius 3 is 2.25 bits per heavy atom. The zero-order valence-corrected chi connectivity index (χ0v) is 26.1. The van der Waals surface area contributed by atoms with Gasteiger partial charge in [-0.15, -0.1) is 11.3 Å². The van der Waals surface area contributed by atoms with Crippen molar-refractivity contribution in [1.82, 2.24) is 19.5 Å². The fourth-order valence-electron chi connectivity index (χ4n) is 6.17. The zero-order chi connectivity index (χ0) is 31.1. The van der Waals surface area contributed by atoms with Gasteiger partial charge in [0.05, 0.1) is 22.9 Å². The number of sulfonamides is 1. The fraction of sp³-hybridized carbons (Fsp3) is 0.438. The summed E-state index contributed by atoms with van der Waals surface area (Å²) in [6.45, 7) is 1.19. The largest absolute Gasteiger partial charge is 0.338 e. The molecule has 2 saturated carbocycles. The Morgan fingerprint density at radius 2 is 1.64 bits per heavy atom. The van der Waals surface area contributed by atoms with Crippen molar-refractivity contribution in [1.29, 1.82) is 5.26 Å². The molecule has 3 fully saturated rings. The van der Waals surface area contributed by atoms with E-state index in [9.17, 15) is 27.7 Å². The zero-order valence-electron chi connectivity index (χ0n) is 24.5. The number of nitrogens with zero attached hydrogens (tertiary/aromatic N) is 4. The Morgan fingerprint density at radius 1 is 1.00 bits per heavy atom. The second kappa shape index (κ2) is 12.0. The first-order valence-corrected chi connectivity index (χ1v) is 17.6. The summed E-state index contributed by atoms with van der Waals surface area (Å²) in [6, 6.07) is 15.8. The maximum Gasteiger partial charge on any atom is 0.253 e. The van der Waals surface area contributed by atoms with Crippen LogP contribution in [-0.4, -0.2) is 72.4 Å². The number of thiazole rings is 1. The Hall–Kier alpha value is -3.66. The van der Waals surface area contributed by atoms with Crippen molar-refractivity contribution in [2.75, 3.05) is 32.4 Å². The molecule has 2 atom stereocenters. The standard InChI is InChI=1S/C32H34FN5O4S2/c1-44(41,42)38-18-16-37(17-19-38)31(40)23-8-6-21(7-9-23)28-27(35-30(43-28)22-10-12-24(33)13-11-22)25-4-2-3-5-26(25)29(39)36-32(20-34)14-15-32/h6-13,25-26H,2-5,14-19H2,1H3,(H,36,39)/t25-,26-/m1/s1. The molecule has 2 amide bonds. The summed E-state index contributed by atoms with van der Waals surface area (Å²) >= 11 is 1.48. The van der Waals surface area contributed by atoms with Crippen molar-refractivity contribution >= 4 is 33.2 Å². The molecule has 9 nitrogen and oxygen atoms in total. The van der Waals surface area contributed by atoms with Gasteiger partial charge in [0, 0.05) is 49.1 Å². The van der Waals surface area contributed by atoms with Crippen LogP contribution in [0.4, 0.5) is 4.39 Å². The van der Waals surface area contributed by atoms with Crippen LogP contribution in [0.2, 0.25) is 0 Å². The van der Waals surface area contributed by atoms with Gasteiger partial charge in [-0.2, -0.15) is 9.57 Å². The molecule has 12 heteroatoms. The summed E-state index contributed by atoms with van der Waals surface area (Å²) in [5, 5.41) is 13.3. The van der Waals surface area contributed by atoms with E-state index in [0.717, 1.165) is 46.0 Å². The molecule has 6 rings (SSSR count). The van der Waals surface area contributed by atoms with Crippen LogP contribution >= 0.6 is 11.3 Å². The topological polar surface area (TPSA) is 123 Å². The van der Waals surface area contributed by atoms with Gasteiger partial charge >= 0.3 is 0 Å². The molecule has 1 aromatic heterocycles. The Balaban J connectivity index is 1.30. The third-order valence-electron chi connectivity index (χ3n) is 8.91. The van der Waals surface area contributed by atoms with Gasteiger partial charge in [0.15, 0.2) is 0 Å². The summed E-state index contributed by atoms with van der Waals surface area (Å²) < 4.78 is 38.8. The summed E-state index contributed by atoms with van der Waals surface area (Å²) in [5.74, 6) is -1.06. The maximum atomic E-state index is 13.7. The summed E-state index contributed by atoms with van der Waals surface area (Å²) in [6.07, 6.45) is 5.89. The van der Waals surface area contributed by atoms with Crippen molar-refractivity contribution < 1.29 is 22.4 Å². The first kappa shape index (κ1) is 30.4. The number of piperazine rings is 1. The Bertz CT molecular complexity index is 1700. The lowest BCUT2D eigenvalue weighted by atomic mass is 9.76. The van der Waals surface area contributed by atoms with E-state index in [2.05, 4.69) is 11.4 Å². The SMILES string of the molecule is CS(=O)(=O)N1CCN(C(=O)c2ccc(-c3sc(-c4ccc(F)cc4)nc3[C@@H]3CCCC[C@H]3C(=O)NC3(C#N)CC3)cc2)CC1. The highest BCUT2D eigenvalue weighted by atomic mass is 32.2. The van der Waals surface area contributed by atoms with Crippen molar-refractivity contribution in [2.24, 2.45) is 5.92 Å². The van der Waals surface area contributed by atoms with Crippen molar-refractivity contribution in [3.8, 4) is 27.1 Å². The van der Waals surface area contributed by atoms with Crippen LogP contribution in [0.25, 0.3) is 21.0 Å². The minimum absolute atomic E-state index is 0.104. The average Bonchev–Trinajstić information content (AvgIpc) is 3.67. The van der Waals surface area contributed by atoms with Gasteiger partial charge in [-0.25, -0.2) is 17.8 Å². The number of nitriles is 1. The number of halogens is 1. The number of hydrogen-bond acceptors (Lipinski definition) is 7. The summed E-state index contributed by atoms with van der Waals surface area (Å²) in [5.41, 5.74) is 2.22. The van der Waals surface area contributed by atoms with E-state index in [-0.39, 0.29) is 42.6 Å². The van der Waals surface area contributed by atoms with Gasteiger partial charge in [-0.3, -0.25) is 9.59 Å². The third-order valence-corrected chi connectivity index (χ3v) is 11.4. The van der Waals surface area contributed by atoms with Crippen molar-refractivity contribution in [2.45, 2.75) is 50.0 Å². The highest BCUT2D eigenvalue weighted by Gasteiger charge is 2.47. The highest BCUT2D eigenvalue weighted by molar-refractivity contribution is 7.88. The molecule has 230 valence electrons. The number of benzene rings is 2. The molecule has 0 spiro atoms. The van der Waals surface area contributed by atoms with E-state index in [0.29, 0.717) is 37.9 Å². The minimum atomic E-state index is -3.29. The number of carbonyl (C=O) groups excluding carboxylic acids is 2. The molecule has 3 aromatic rings. The van der Waals surface area contributed by atoms with Gasteiger partial charge < -0.3 is 10.2 Å². The molecule has 0 radical (unpaired) electrons. The van der Waals surface area contributed by atoms with Crippen molar-refractivity contribution in [3.05, 3.63) is 65.6 Å². The van der Waals surface area contributed by atoms with Crippen LogP contribution in [0.3, 0.4) is 0 Å². The number of amides is 2. The maximum absolute atomic E-state index is 13.7. The van der Waals surface area contributed by atoms with Crippen LogP contribution in [0.1, 0.15) is 60.5 Å². The number of nitrogens with one attached hydrogen (secondary N) is 1. The second-order valence-electron chi connectivity index (χ2n) is 12.0. The lowest BCUT2D eigenvalue weighted by Gasteiger charge is -2.33.